The van der Waals surface area contributed by atoms with Gasteiger partial charge in [0.05, 0.1) is 11.4 Å². The van der Waals surface area contributed by atoms with Crippen LogP contribution in [-0.4, -0.2) is 32.2 Å². The first-order valence-corrected chi connectivity index (χ1v) is 10.0. The zero-order valence-electron chi connectivity index (χ0n) is 15.6. The summed E-state index contributed by atoms with van der Waals surface area (Å²) in [5, 5.41) is 4.59. The third-order valence-corrected chi connectivity index (χ3v) is 6.26. The van der Waals surface area contributed by atoms with Crippen LogP contribution >= 0.6 is 0 Å². The topological polar surface area (TPSA) is 66.5 Å². The third kappa shape index (κ3) is 4.18. The maximum Gasteiger partial charge on any atom is 0.243 e. The zero-order valence-corrected chi connectivity index (χ0v) is 16.4. The number of carbonyl (C=O) groups excluding carboxylic acids is 1. The number of hydrogen-bond acceptors (Lipinski definition) is 3. The largest absolute Gasteiger partial charge is 0.325 e. The molecule has 3 aromatic rings. The van der Waals surface area contributed by atoms with Crippen molar-refractivity contribution < 1.29 is 13.2 Å². The van der Waals surface area contributed by atoms with Crippen molar-refractivity contribution in [1.29, 1.82) is 0 Å². The summed E-state index contributed by atoms with van der Waals surface area (Å²) < 4.78 is 26.7. The Kier molecular flexibility index (Phi) is 5.30. The minimum atomic E-state index is -3.76. The predicted molar refractivity (Wildman–Crippen MR) is 108 cm³/mol. The fourth-order valence-electron chi connectivity index (χ4n) is 2.86. The minimum absolute atomic E-state index is 0.170. The van der Waals surface area contributed by atoms with Crippen molar-refractivity contribution in [1.82, 2.24) is 4.31 Å². The molecule has 0 spiro atoms. The Balaban J connectivity index is 1.78. The monoisotopic (exact) mass is 382 g/mol. The molecule has 0 bridgehead atoms. The molecule has 27 heavy (non-hydrogen) atoms. The van der Waals surface area contributed by atoms with Crippen LogP contribution in [-0.2, 0) is 14.8 Å². The van der Waals surface area contributed by atoms with Gasteiger partial charge in [-0.3, -0.25) is 4.79 Å². The number of sulfonamides is 1. The van der Waals surface area contributed by atoms with Crippen molar-refractivity contribution in [3.05, 3.63) is 71.8 Å². The standard InChI is InChI=1S/C21H22N2O3S/c1-15-8-9-16(2)20(12-15)22-21(24)14-23(3)27(25,26)19-11-10-17-6-4-5-7-18(17)13-19/h4-13H,14H2,1-3H3,(H,22,24). The Labute approximate surface area is 159 Å². The Morgan fingerprint density at radius 2 is 1.67 bits per heavy atom. The first-order valence-electron chi connectivity index (χ1n) is 8.59. The van der Waals surface area contributed by atoms with Crippen LogP contribution in [0.4, 0.5) is 5.69 Å². The summed E-state index contributed by atoms with van der Waals surface area (Å²) in [7, 11) is -2.35. The van der Waals surface area contributed by atoms with Crippen molar-refractivity contribution in [2.45, 2.75) is 18.7 Å². The lowest BCUT2D eigenvalue weighted by Crippen LogP contribution is -2.35. The zero-order chi connectivity index (χ0) is 19.6. The van der Waals surface area contributed by atoms with Crippen molar-refractivity contribution in [2.75, 3.05) is 18.9 Å². The van der Waals surface area contributed by atoms with Gasteiger partial charge in [-0.05, 0) is 53.9 Å². The average Bonchev–Trinajstić information content (AvgIpc) is 2.64. The smallest absolute Gasteiger partial charge is 0.243 e. The molecule has 140 valence electrons. The number of aryl methyl sites for hydroxylation is 2. The summed E-state index contributed by atoms with van der Waals surface area (Å²) in [6.45, 7) is 3.57. The molecule has 1 amide bonds. The van der Waals surface area contributed by atoms with Gasteiger partial charge >= 0.3 is 0 Å². The van der Waals surface area contributed by atoms with E-state index in [-0.39, 0.29) is 17.3 Å². The molecule has 0 unspecified atom stereocenters. The second-order valence-electron chi connectivity index (χ2n) is 6.64. The van der Waals surface area contributed by atoms with Gasteiger partial charge in [0.25, 0.3) is 0 Å². The fourth-order valence-corrected chi connectivity index (χ4v) is 4.02. The average molecular weight is 382 g/mol. The highest BCUT2D eigenvalue weighted by molar-refractivity contribution is 7.89. The van der Waals surface area contributed by atoms with E-state index in [2.05, 4.69) is 5.32 Å². The van der Waals surface area contributed by atoms with E-state index in [4.69, 9.17) is 0 Å². The van der Waals surface area contributed by atoms with E-state index in [1.807, 2.05) is 56.3 Å². The van der Waals surface area contributed by atoms with E-state index in [1.54, 1.807) is 18.2 Å². The Hall–Kier alpha value is -2.70. The van der Waals surface area contributed by atoms with E-state index in [9.17, 15) is 13.2 Å². The van der Waals surface area contributed by atoms with Gasteiger partial charge in [0.15, 0.2) is 0 Å². The lowest BCUT2D eigenvalue weighted by molar-refractivity contribution is -0.116. The molecule has 3 aromatic carbocycles. The molecule has 5 nitrogen and oxygen atoms in total. The van der Waals surface area contributed by atoms with Crippen LogP contribution in [0.15, 0.2) is 65.6 Å². The maximum absolute atomic E-state index is 12.8. The van der Waals surface area contributed by atoms with E-state index in [1.165, 1.54) is 7.05 Å². The van der Waals surface area contributed by atoms with Crippen LogP contribution in [0.5, 0.6) is 0 Å². The number of nitrogens with zero attached hydrogens (tertiary/aromatic N) is 1. The predicted octanol–water partition coefficient (Wildman–Crippen LogP) is 3.72. The molecule has 0 saturated heterocycles. The molecule has 0 aromatic heterocycles. The van der Waals surface area contributed by atoms with Crippen LogP contribution in [0.25, 0.3) is 10.8 Å². The molecule has 0 saturated carbocycles. The van der Waals surface area contributed by atoms with Crippen LogP contribution in [0.2, 0.25) is 0 Å². The van der Waals surface area contributed by atoms with E-state index in [0.29, 0.717) is 5.69 Å². The highest BCUT2D eigenvalue weighted by Crippen LogP contribution is 2.21. The second kappa shape index (κ2) is 7.50. The minimum Gasteiger partial charge on any atom is -0.325 e. The van der Waals surface area contributed by atoms with Gasteiger partial charge in [0.1, 0.15) is 0 Å². The van der Waals surface area contributed by atoms with Crippen molar-refractivity contribution in [3.63, 3.8) is 0 Å². The van der Waals surface area contributed by atoms with Gasteiger partial charge in [-0.15, -0.1) is 0 Å². The quantitative estimate of drug-likeness (QED) is 0.731. The molecule has 0 radical (unpaired) electrons. The van der Waals surface area contributed by atoms with Crippen LogP contribution < -0.4 is 5.32 Å². The van der Waals surface area contributed by atoms with E-state index < -0.39 is 10.0 Å². The molecule has 0 atom stereocenters. The summed E-state index contributed by atoms with van der Waals surface area (Å²) in [5.74, 6) is -0.379. The number of anilines is 1. The van der Waals surface area contributed by atoms with Crippen LogP contribution in [0.3, 0.4) is 0 Å². The van der Waals surface area contributed by atoms with E-state index >= 15 is 0 Å². The fraction of sp³-hybridized carbons (Fsp3) is 0.190. The van der Waals surface area contributed by atoms with E-state index in [0.717, 1.165) is 26.2 Å². The molecular formula is C21H22N2O3S. The summed E-state index contributed by atoms with van der Waals surface area (Å²) in [5.41, 5.74) is 2.64. The number of fused-ring (bicyclic) bond motifs is 1. The summed E-state index contributed by atoms with van der Waals surface area (Å²) >= 11 is 0. The van der Waals surface area contributed by atoms with Gasteiger partial charge in [0, 0.05) is 12.7 Å². The number of carbonyl (C=O) groups is 1. The number of hydrogen-bond donors (Lipinski definition) is 1. The number of nitrogens with one attached hydrogen (secondary N) is 1. The SMILES string of the molecule is Cc1ccc(C)c(NC(=O)CN(C)S(=O)(=O)c2ccc3ccccc3c2)c1. The lowest BCUT2D eigenvalue weighted by atomic mass is 10.1. The highest BCUT2D eigenvalue weighted by atomic mass is 32.2. The molecule has 0 fully saturated rings. The molecule has 0 aliphatic heterocycles. The lowest BCUT2D eigenvalue weighted by Gasteiger charge is -2.18. The number of benzene rings is 3. The Morgan fingerprint density at radius 1 is 0.963 bits per heavy atom. The number of rotatable bonds is 5. The molecule has 0 aliphatic rings. The number of amides is 1. The first-order chi connectivity index (χ1) is 12.8. The summed E-state index contributed by atoms with van der Waals surface area (Å²) in [6, 6.07) is 18.3. The molecule has 3 rings (SSSR count). The van der Waals surface area contributed by atoms with Gasteiger partial charge in [-0.25, -0.2) is 8.42 Å². The van der Waals surface area contributed by atoms with Gasteiger partial charge in [-0.1, -0.05) is 42.5 Å². The summed E-state index contributed by atoms with van der Waals surface area (Å²) in [4.78, 5) is 12.5. The van der Waals surface area contributed by atoms with Gasteiger partial charge < -0.3 is 5.32 Å². The first kappa shape index (κ1) is 19.1. The molecule has 0 aliphatic carbocycles. The molecular weight excluding hydrogens is 360 g/mol. The normalized spacial score (nSPS) is 11.7. The van der Waals surface area contributed by atoms with Crippen molar-refractivity contribution >= 4 is 32.4 Å². The highest BCUT2D eigenvalue weighted by Gasteiger charge is 2.23. The summed E-state index contributed by atoms with van der Waals surface area (Å²) in [6.07, 6.45) is 0. The third-order valence-electron chi connectivity index (χ3n) is 4.46. The molecule has 0 heterocycles. The van der Waals surface area contributed by atoms with Gasteiger partial charge in [-0.2, -0.15) is 4.31 Å². The Morgan fingerprint density at radius 3 is 2.41 bits per heavy atom. The van der Waals surface area contributed by atoms with Crippen molar-refractivity contribution in [2.24, 2.45) is 0 Å². The van der Waals surface area contributed by atoms with Crippen molar-refractivity contribution in [3.8, 4) is 0 Å². The van der Waals surface area contributed by atoms with Crippen LogP contribution in [0, 0.1) is 13.8 Å². The second-order valence-corrected chi connectivity index (χ2v) is 8.68. The van der Waals surface area contributed by atoms with Crippen LogP contribution in [0.1, 0.15) is 11.1 Å². The molecule has 1 N–H and O–H groups in total. The maximum atomic E-state index is 12.8. The number of likely N-dealkylation sites (N-methyl/N-ethyl adjacent to an activating group) is 1. The van der Waals surface area contributed by atoms with Gasteiger partial charge in [0.2, 0.25) is 15.9 Å². The molecule has 6 heteroatoms. The Bertz CT molecular complexity index is 1110.